The number of carboxylic acids is 1. The summed E-state index contributed by atoms with van der Waals surface area (Å²) in [6.45, 7) is 6.88. The molecular weight excluding hydrogens is 771 g/mol. The van der Waals surface area contributed by atoms with Gasteiger partial charge in [0.1, 0.15) is 23.9 Å². The number of anilines is 1. The quantitative estimate of drug-likeness (QED) is 0.0312. The number of nitrogens with zero attached hydrogens (tertiary/aromatic N) is 4. The number of azide groups is 1. The second-order valence-electron chi connectivity index (χ2n) is 12.1. The van der Waals surface area contributed by atoms with Crippen LogP contribution in [0.3, 0.4) is 0 Å². The molecule has 0 saturated heterocycles. The van der Waals surface area contributed by atoms with Crippen LogP contribution in [-0.4, -0.2) is 107 Å². The van der Waals surface area contributed by atoms with Crippen LogP contribution in [0.5, 0.6) is 11.5 Å². The number of pyridine rings is 1. The van der Waals surface area contributed by atoms with Crippen LogP contribution in [0.1, 0.15) is 43.4 Å². The Bertz CT molecular complexity index is 1710. The van der Waals surface area contributed by atoms with Crippen molar-refractivity contribution < 1.29 is 61.1 Å². The Morgan fingerprint density at radius 2 is 1.53 bits per heavy atom. The van der Waals surface area contributed by atoms with Crippen molar-refractivity contribution in [2.75, 3.05) is 77.9 Å². The first kappa shape index (κ1) is 48.5. The second kappa shape index (κ2) is 27.9. The van der Waals surface area contributed by atoms with E-state index in [1.807, 2.05) is 19.1 Å². The Labute approximate surface area is 333 Å². The number of hydrogen-bond acceptors (Lipinski definition) is 12. The molecule has 0 radical (unpaired) electrons. The minimum atomic E-state index is -4.96. The van der Waals surface area contributed by atoms with E-state index < -0.39 is 30.0 Å². The number of primary amides is 1. The van der Waals surface area contributed by atoms with Crippen molar-refractivity contribution in [1.29, 1.82) is 0 Å². The molecule has 1 aromatic heterocycles. The topological polar surface area (TPSA) is 239 Å². The number of carbonyl (C=O) groups is 3. The summed E-state index contributed by atoms with van der Waals surface area (Å²) in [4.78, 5) is 39.8. The van der Waals surface area contributed by atoms with Crippen molar-refractivity contribution in [3.05, 3.63) is 82.4 Å². The van der Waals surface area contributed by atoms with Gasteiger partial charge in [0.2, 0.25) is 11.8 Å². The maximum atomic E-state index is 13.2. The first-order chi connectivity index (χ1) is 27.8. The zero-order valence-corrected chi connectivity index (χ0v) is 32.4. The number of alkyl halides is 3. The molecular formula is C38H50F3N7O10. The van der Waals surface area contributed by atoms with Gasteiger partial charge in [0.05, 0.1) is 65.3 Å². The van der Waals surface area contributed by atoms with Crippen LogP contribution in [0.25, 0.3) is 21.6 Å². The Morgan fingerprint density at radius 1 is 0.914 bits per heavy atom. The highest BCUT2D eigenvalue weighted by atomic mass is 19.4. The van der Waals surface area contributed by atoms with E-state index in [4.69, 9.17) is 40.1 Å². The Hall–Kier alpha value is -5.66. The molecule has 3 aromatic rings. The predicted molar refractivity (Wildman–Crippen MR) is 206 cm³/mol. The van der Waals surface area contributed by atoms with Gasteiger partial charge in [-0.25, -0.2) is 4.98 Å². The predicted octanol–water partition coefficient (Wildman–Crippen LogP) is 5.73. The van der Waals surface area contributed by atoms with Gasteiger partial charge in [0, 0.05) is 49.2 Å². The number of rotatable bonds is 27. The van der Waals surface area contributed by atoms with Crippen LogP contribution in [-0.2, 0) is 33.3 Å². The molecule has 58 heavy (non-hydrogen) atoms. The molecule has 0 aliphatic rings. The number of halogens is 3. The van der Waals surface area contributed by atoms with Crippen molar-refractivity contribution in [1.82, 2.24) is 10.3 Å². The van der Waals surface area contributed by atoms with E-state index in [0.29, 0.717) is 57.2 Å². The minimum absolute atomic E-state index is 0.0659. The lowest BCUT2D eigenvalue weighted by Gasteiger charge is -2.18. The number of ether oxygens (including phenoxy) is 6. The molecule has 0 bridgehead atoms. The summed E-state index contributed by atoms with van der Waals surface area (Å²) in [5, 5.41) is 18.1. The fraction of sp³-hybridized carbons (Fsp3) is 0.474. The van der Waals surface area contributed by atoms with Crippen molar-refractivity contribution in [3.63, 3.8) is 0 Å². The number of nitrogens with two attached hydrogens (primary N) is 1. The summed E-state index contributed by atoms with van der Waals surface area (Å²) in [6.07, 6.45) is -2.41. The largest absolute Gasteiger partial charge is 0.573 e. The summed E-state index contributed by atoms with van der Waals surface area (Å²) in [5.74, 6) is -1.31. The molecule has 1 atom stereocenters. The SMILES string of the molecule is CC(=O)N[C@@H](CC(=O)O)c1ccc(-c2ccc(OCCOCCOCCOCCOCCN=[N+]=[N-])cc2OC(F)(F)F)cc1.Cc1ccnc(NCCCC(N)=O)c1. The molecule has 17 nitrogen and oxygen atoms in total. The van der Waals surface area contributed by atoms with Crippen LogP contribution in [0.2, 0.25) is 0 Å². The maximum absolute atomic E-state index is 13.2. The lowest BCUT2D eigenvalue weighted by Crippen LogP contribution is -2.27. The average Bonchev–Trinajstić information content (AvgIpc) is 3.15. The van der Waals surface area contributed by atoms with Gasteiger partial charge < -0.3 is 49.9 Å². The van der Waals surface area contributed by atoms with Gasteiger partial charge in [-0.3, -0.25) is 14.4 Å². The van der Waals surface area contributed by atoms with E-state index in [9.17, 15) is 27.6 Å². The highest BCUT2D eigenvalue weighted by molar-refractivity contribution is 5.76. The van der Waals surface area contributed by atoms with Gasteiger partial charge in [0.25, 0.3) is 0 Å². The summed E-state index contributed by atoms with van der Waals surface area (Å²) in [5.41, 5.74) is 15.3. The zero-order valence-electron chi connectivity index (χ0n) is 32.4. The van der Waals surface area contributed by atoms with Crippen molar-refractivity contribution in [2.45, 2.75) is 45.5 Å². The normalized spacial score (nSPS) is 11.3. The number of carbonyl (C=O) groups excluding carboxylic acids is 2. The third-order valence-electron chi connectivity index (χ3n) is 7.39. The van der Waals surface area contributed by atoms with Gasteiger partial charge in [-0.2, -0.15) is 0 Å². The van der Waals surface area contributed by atoms with Crippen LogP contribution in [0.4, 0.5) is 19.0 Å². The van der Waals surface area contributed by atoms with Crippen molar-refractivity contribution >= 4 is 23.6 Å². The van der Waals surface area contributed by atoms with Crippen LogP contribution in [0.15, 0.2) is 65.9 Å². The minimum Gasteiger partial charge on any atom is -0.491 e. The summed E-state index contributed by atoms with van der Waals surface area (Å²) >= 11 is 0. The molecule has 2 aromatic carbocycles. The summed E-state index contributed by atoms with van der Waals surface area (Å²) < 4.78 is 70.6. The molecule has 5 N–H and O–H groups in total. The third-order valence-corrected chi connectivity index (χ3v) is 7.39. The molecule has 0 spiro atoms. The molecule has 0 aliphatic carbocycles. The standard InChI is InChI=1S/C28H35F3N4O9.C10H15N3O/c1-20(36)34-25(19-27(37)38)22-4-2-21(3-5-22)24-7-6-23(18-26(24)44-28(29,30)31)43-17-16-42-15-14-41-13-12-40-11-10-39-9-8-33-35-32;1-8-4-6-13-10(7-8)12-5-2-3-9(11)14/h2-7,18,25H,8-17,19H2,1H3,(H,34,36)(H,37,38);4,6-7H,2-3,5H2,1H3,(H2,11,14)(H,12,13)/t25-;/m0./s1. The maximum Gasteiger partial charge on any atom is 0.573 e. The zero-order chi connectivity index (χ0) is 42.6. The molecule has 2 amide bonds. The van der Waals surface area contributed by atoms with E-state index in [0.717, 1.165) is 30.4 Å². The Kier molecular flexibility index (Phi) is 23.3. The molecule has 0 unspecified atom stereocenters. The molecule has 0 aliphatic heterocycles. The lowest BCUT2D eigenvalue weighted by atomic mass is 9.98. The molecule has 1 heterocycles. The monoisotopic (exact) mass is 821 g/mol. The van der Waals surface area contributed by atoms with E-state index >= 15 is 0 Å². The van der Waals surface area contributed by atoms with Crippen LogP contribution < -0.4 is 25.8 Å². The molecule has 20 heteroatoms. The fourth-order valence-electron chi connectivity index (χ4n) is 4.85. The second-order valence-corrected chi connectivity index (χ2v) is 12.1. The highest BCUT2D eigenvalue weighted by Crippen LogP contribution is 2.37. The highest BCUT2D eigenvalue weighted by Gasteiger charge is 2.32. The Morgan fingerprint density at radius 3 is 2.09 bits per heavy atom. The van der Waals surface area contributed by atoms with Crippen LogP contribution in [0, 0.1) is 6.92 Å². The van der Waals surface area contributed by atoms with Gasteiger partial charge >= 0.3 is 12.3 Å². The van der Waals surface area contributed by atoms with Gasteiger partial charge in [-0.05, 0) is 59.8 Å². The summed E-state index contributed by atoms with van der Waals surface area (Å²) in [6, 6.07) is 13.2. The van der Waals surface area contributed by atoms with Gasteiger partial charge in [-0.15, -0.1) is 13.2 Å². The van der Waals surface area contributed by atoms with Crippen molar-refractivity contribution in [2.24, 2.45) is 10.8 Å². The number of aromatic nitrogens is 1. The van der Waals surface area contributed by atoms with Gasteiger partial charge in [0.15, 0.2) is 0 Å². The van der Waals surface area contributed by atoms with E-state index in [2.05, 4.69) is 30.4 Å². The van der Waals surface area contributed by atoms with E-state index in [-0.39, 0.29) is 50.0 Å². The third kappa shape index (κ3) is 22.8. The van der Waals surface area contributed by atoms with Crippen molar-refractivity contribution in [3.8, 4) is 22.6 Å². The summed E-state index contributed by atoms with van der Waals surface area (Å²) in [7, 11) is 0. The molecule has 0 fully saturated rings. The van der Waals surface area contributed by atoms with E-state index in [1.54, 1.807) is 6.20 Å². The number of nitrogens with one attached hydrogen (secondary N) is 2. The number of hydrogen-bond donors (Lipinski definition) is 4. The van der Waals surface area contributed by atoms with Crippen LogP contribution >= 0.6 is 0 Å². The van der Waals surface area contributed by atoms with Gasteiger partial charge in [-0.1, -0.05) is 29.4 Å². The molecule has 318 valence electrons. The first-order valence-corrected chi connectivity index (χ1v) is 18.2. The number of aliphatic carboxylic acids is 1. The molecule has 3 rings (SSSR count). The number of amides is 2. The number of benzene rings is 2. The number of aryl methyl sites for hydroxylation is 1. The average molecular weight is 822 g/mol. The smallest absolute Gasteiger partial charge is 0.491 e. The number of carboxylic acid groups (broad SMARTS) is 1. The Balaban J connectivity index is 0.000000695. The first-order valence-electron chi connectivity index (χ1n) is 18.2. The fourth-order valence-corrected chi connectivity index (χ4v) is 4.85. The molecule has 0 saturated carbocycles. The lowest BCUT2D eigenvalue weighted by molar-refractivity contribution is -0.274. The van der Waals surface area contributed by atoms with E-state index in [1.165, 1.54) is 43.3 Å².